The van der Waals surface area contributed by atoms with Gasteiger partial charge in [-0.1, -0.05) is 0 Å². The Morgan fingerprint density at radius 3 is 2.88 bits per heavy atom. The zero-order valence-corrected chi connectivity index (χ0v) is 14.0. The Morgan fingerprint density at radius 1 is 1.27 bits per heavy atom. The summed E-state index contributed by atoms with van der Waals surface area (Å²) in [6.07, 6.45) is 2.75. The first-order valence-corrected chi connectivity index (χ1v) is 7.85. The van der Waals surface area contributed by atoms with Crippen LogP contribution in [0.25, 0.3) is 27.8 Å². The van der Waals surface area contributed by atoms with Crippen LogP contribution in [0.3, 0.4) is 0 Å². The number of aromatic nitrogens is 5. The fourth-order valence-corrected chi connectivity index (χ4v) is 2.88. The molecule has 4 rings (SSSR count). The molecule has 0 bridgehead atoms. The summed E-state index contributed by atoms with van der Waals surface area (Å²) in [6.45, 7) is 2.16. The van der Waals surface area contributed by atoms with E-state index in [1.165, 1.54) is 30.3 Å². The van der Waals surface area contributed by atoms with Gasteiger partial charge in [-0.25, -0.2) is 14.2 Å². The second-order valence-corrected chi connectivity index (χ2v) is 5.41. The van der Waals surface area contributed by atoms with Crippen LogP contribution in [0, 0.1) is 5.82 Å². The van der Waals surface area contributed by atoms with Gasteiger partial charge < -0.3 is 9.47 Å². The number of ether oxygens (including phenoxy) is 2. The Bertz CT molecular complexity index is 1180. The topological polar surface area (TPSA) is 94.9 Å². The molecule has 0 spiro atoms. The molecule has 0 radical (unpaired) electrons. The SMILES string of the molecule is CCOc1ncnc2[nH]c(=O)n(-c3cc(F)c4nccc(OC)c4c3)c12. The number of hydrogen-bond donors (Lipinski definition) is 1. The molecule has 1 aromatic carbocycles. The Labute approximate surface area is 146 Å². The van der Waals surface area contributed by atoms with Crippen molar-refractivity contribution < 1.29 is 13.9 Å². The minimum Gasteiger partial charge on any atom is -0.496 e. The average molecular weight is 355 g/mol. The molecule has 0 unspecified atom stereocenters. The van der Waals surface area contributed by atoms with Gasteiger partial charge in [-0.3, -0.25) is 14.5 Å². The fraction of sp³-hybridized carbons (Fsp3) is 0.176. The van der Waals surface area contributed by atoms with E-state index >= 15 is 0 Å². The van der Waals surface area contributed by atoms with E-state index in [9.17, 15) is 9.18 Å². The minimum absolute atomic E-state index is 0.155. The zero-order chi connectivity index (χ0) is 18.3. The molecule has 1 N–H and O–H groups in total. The van der Waals surface area contributed by atoms with Gasteiger partial charge in [-0.2, -0.15) is 4.98 Å². The van der Waals surface area contributed by atoms with Crippen LogP contribution >= 0.6 is 0 Å². The molecular weight excluding hydrogens is 341 g/mol. The predicted octanol–water partition coefficient (Wildman–Crippen LogP) is 2.20. The van der Waals surface area contributed by atoms with Crippen LogP contribution in [0.15, 0.2) is 35.5 Å². The van der Waals surface area contributed by atoms with E-state index in [4.69, 9.17) is 9.47 Å². The van der Waals surface area contributed by atoms with Crippen LogP contribution in [0.5, 0.6) is 11.6 Å². The second kappa shape index (κ2) is 6.10. The van der Waals surface area contributed by atoms with Gasteiger partial charge in [0.1, 0.15) is 17.6 Å². The van der Waals surface area contributed by atoms with E-state index in [0.29, 0.717) is 28.9 Å². The van der Waals surface area contributed by atoms with Crippen molar-refractivity contribution in [3.63, 3.8) is 0 Å². The van der Waals surface area contributed by atoms with Gasteiger partial charge >= 0.3 is 5.69 Å². The normalized spacial score (nSPS) is 11.2. The molecule has 0 saturated heterocycles. The molecule has 3 heterocycles. The number of imidazole rings is 1. The Kier molecular flexibility index (Phi) is 3.76. The predicted molar refractivity (Wildman–Crippen MR) is 92.5 cm³/mol. The number of fused-ring (bicyclic) bond motifs is 2. The van der Waals surface area contributed by atoms with Gasteiger partial charge in [0.15, 0.2) is 17.0 Å². The molecule has 3 aromatic heterocycles. The highest BCUT2D eigenvalue weighted by atomic mass is 19.1. The van der Waals surface area contributed by atoms with Crippen molar-refractivity contribution >= 4 is 22.1 Å². The highest BCUT2D eigenvalue weighted by Crippen LogP contribution is 2.30. The van der Waals surface area contributed by atoms with Crippen molar-refractivity contribution in [2.75, 3.05) is 13.7 Å². The van der Waals surface area contributed by atoms with Crippen molar-refractivity contribution in [1.29, 1.82) is 0 Å². The number of methoxy groups -OCH3 is 1. The Balaban J connectivity index is 2.07. The number of rotatable bonds is 4. The first kappa shape index (κ1) is 16.0. The van der Waals surface area contributed by atoms with Crippen LogP contribution in [-0.2, 0) is 0 Å². The van der Waals surface area contributed by atoms with Gasteiger partial charge in [0, 0.05) is 17.6 Å². The van der Waals surface area contributed by atoms with Gasteiger partial charge in [0.25, 0.3) is 0 Å². The first-order chi connectivity index (χ1) is 12.6. The average Bonchev–Trinajstić information content (AvgIpc) is 2.98. The molecule has 9 heteroatoms. The van der Waals surface area contributed by atoms with E-state index in [1.807, 2.05) is 0 Å². The summed E-state index contributed by atoms with van der Waals surface area (Å²) in [5.74, 6) is 0.104. The van der Waals surface area contributed by atoms with Gasteiger partial charge in [-0.05, 0) is 19.1 Å². The lowest BCUT2D eigenvalue weighted by molar-refractivity contribution is 0.329. The van der Waals surface area contributed by atoms with Crippen LogP contribution in [-0.4, -0.2) is 38.2 Å². The Morgan fingerprint density at radius 2 is 2.12 bits per heavy atom. The van der Waals surface area contributed by atoms with Crippen molar-refractivity contribution in [2.45, 2.75) is 6.92 Å². The molecule has 0 aliphatic carbocycles. The molecule has 0 amide bonds. The number of nitrogens with one attached hydrogen (secondary N) is 1. The second-order valence-electron chi connectivity index (χ2n) is 5.41. The number of H-pyrrole nitrogens is 1. The van der Waals surface area contributed by atoms with Crippen molar-refractivity contribution in [3.05, 3.63) is 47.0 Å². The molecule has 26 heavy (non-hydrogen) atoms. The van der Waals surface area contributed by atoms with Crippen molar-refractivity contribution in [3.8, 4) is 17.3 Å². The Hall–Kier alpha value is -3.49. The van der Waals surface area contributed by atoms with E-state index in [1.54, 1.807) is 19.1 Å². The highest BCUT2D eigenvalue weighted by Gasteiger charge is 2.18. The van der Waals surface area contributed by atoms with Gasteiger partial charge in [-0.15, -0.1) is 0 Å². The van der Waals surface area contributed by atoms with Crippen molar-refractivity contribution in [1.82, 2.24) is 24.5 Å². The third kappa shape index (κ3) is 2.36. The number of aromatic amines is 1. The van der Waals surface area contributed by atoms with Crippen molar-refractivity contribution in [2.24, 2.45) is 0 Å². The molecule has 4 aromatic rings. The smallest absolute Gasteiger partial charge is 0.332 e. The third-order valence-corrected chi connectivity index (χ3v) is 3.94. The van der Waals surface area contributed by atoms with E-state index in [-0.39, 0.29) is 17.1 Å². The summed E-state index contributed by atoms with van der Waals surface area (Å²) in [4.78, 5) is 27.3. The summed E-state index contributed by atoms with van der Waals surface area (Å²) in [5.41, 5.74) is 0.590. The van der Waals surface area contributed by atoms with E-state index < -0.39 is 11.5 Å². The number of pyridine rings is 1. The summed E-state index contributed by atoms with van der Waals surface area (Å²) < 4.78 is 26.7. The summed E-state index contributed by atoms with van der Waals surface area (Å²) in [6, 6.07) is 4.48. The molecule has 8 nitrogen and oxygen atoms in total. The number of halogens is 1. The minimum atomic E-state index is -0.576. The lowest BCUT2D eigenvalue weighted by Gasteiger charge is -2.10. The quantitative estimate of drug-likeness (QED) is 0.603. The van der Waals surface area contributed by atoms with Gasteiger partial charge in [0.2, 0.25) is 5.88 Å². The van der Waals surface area contributed by atoms with Crippen LogP contribution in [0.1, 0.15) is 6.92 Å². The summed E-state index contributed by atoms with van der Waals surface area (Å²) in [5, 5.41) is 0.445. The maximum Gasteiger partial charge on any atom is 0.332 e. The third-order valence-electron chi connectivity index (χ3n) is 3.94. The molecule has 0 fully saturated rings. The summed E-state index contributed by atoms with van der Waals surface area (Å²) in [7, 11) is 1.48. The summed E-state index contributed by atoms with van der Waals surface area (Å²) >= 11 is 0. The number of hydrogen-bond acceptors (Lipinski definition) is 6. The lowest BCUT2D eigenvalue weighted by atomic mass is 10.1. The highest BCUT2D eigenvalue weighted by molar-refractivity contribution is 5.88. The van der Waals surface area contributed by atoms with Crippen LogP contribution in [0.4, 0.5) is 4.39 Å². The fourth-order valence-electron chi connectivity index (χ4n) is 2.88. The maximum atomic E-state index is 14.6. The molecule has 0 atom stereocenters. The lowest BCUT2D eigenvalue weighted by Crippen LogP contribution is -2.15. The largest absolute Gasteiger partial charge is 0.496 e. The zero-order valence-electron chi connectivity index (χ0n) is 14.0. The van der Waals surface area contributed by atoms with Crippen LogP contribution in [0.2, 0.25) is 0 Å². The maximum absolute atomic E-state index is 14.6. The molecular formula is C17H14FN5O3. The molecule has 0 aliphatic rings. The molecule has 0 saturated carbocycles. The van der Waals surface area contributed by atoms with Gasteiger partial charge in [0.05, 0.1) is 19.4 Å². The monoisotopic (exact) mass is 355 g/mol. The van der Waals surface area contributed by atoms with Crippen LogP contribution < -0.4 is 15.2 Å². The number of nitrogens with zero attached hydrogens (tertiary/aromatic N) is 4. The molecule has 0 aliphatic heterocycles. The van der Waals surface area contributed by atoms with E-state index in [2.05, 4.69) is 19.9 Å². The number of benzene rings is 1. The first-order valence-electron chi connectivity index (χ1n) is 7.85. The molecule has 132 valence electrons. The van der Waals surface area contributed by atoms with E-state index in [0.717, 1.165) is 0 Å². The standard InChI is InChI=1S/C17H14FN5O3/c1-3-26-16-14-15(20-8-21-16)22-17(24)23(14)9-6-10-12(25-2)4-5-19-13(10)11(18)7-9/h4-8H,3H2,1-2H3,(H,20,21,22,24).